The van der Waals surface area contributed by atoms with Crippen molar-refractivity contribution in [2.75, 3.05) is 13.2 Å². The standard InChI is InChI=1S/C31H38O16/c1-14-24(38)26(40)27(41)30(44-14)47-28-25(39)22(13-43-23(37)8-5-16-3-6-18(33)20(35)11-16)46-31(29(28)45-15(2)32)42-10-9-17-4-7-19(34)21(36)12-17/h3-8,11-12,14,22,24-31,33-36,38-41H,9-10,13H2,1-2H3. The molecular weight excluding hydrogens is 628 g/mol. The number of rotatable bonds is 11. The molecule has 0 bridgehead atoms. The zero-order chi connectivity index (χ0) is 34.4. The molecule has 0 saturated carbocycles. The van der Waals surface area contributed by atoms with Crippen LogP contribution in [0.15, 0.2) is 42.5 Å². The number of phenolic OH excluding ortho intramolecular Hbond substituents is 4. The van der Waals surface area contributed by atoms with Crippen molar-refractivity contribution in [3.05, 3.63) is 53.6 Å². The Kier molecular flexibility index (Phi) is 12.0. The van der Waals surface area contributed by atoms with E-state index in [1.54, 1.807) is 0 Å². The molecule has 16 heteroatoms. The molecule has 4 rings (SSSR count). The van der Waals surface area contributed by atoms with Crippen molar-refractivity contribution in [3.8, 4) is 23.0 Å². The minimum absolute atomic E-state index is 0.103. The monoisotopic (exact) mass is 666 g/mol. The number of aliphatic hydroxyl groups excluding tert-OH is 4. The second-order valence-corrected chi connectivity index (χ2v) is 11.0. The summed E-state index contributed by atoms with van der Waals surface area (Å²) in [6.07, 6.45) is -12.6. The molecule has 0 aromatic heterocycles. The topological polar surface area (TPSA) is 251 Å². The number of aliphatic hydroxyl groups is 4. The molecule has 0 amide bonds. The van der Waals surface area contributed by atoms with Gasteiger partial charge < -0.3 is 69.3 Å². The van der Waals surface area contributed by atoms with Gasteiger partial charge in [0.05, 0.1) is 12.7 Å². The summed E-state index contributed by atoms with van der Waals surface area (Å²) >= 11 is 0. The number of aromatic hydroxyl groups is 4. The van der Waals surface area contributed by atoms with Gasteiger partial charge in [0.2, 0.25) is 0 Å². The van der Waals surface area contributed by atoms with Crippen molar-refractivity contribution >= 4 is 18.0 Å². The Labute approximate surface area is 268 Å². The fraction of sp³-hybridized carbons (Fsp3) is 0.484. The molecule has 2 fully saturated rings. The Morgan fingerprint density at radius 1 is 0.809 bits per heavy atom. The number of ether oxygens (including phenoxy) is 6. The van der Waals surface area contributed by atoms with Crippen molar-refractivity contribution in [2.45, 2.75) is 81.7 Å². The minimum atomic E-state index is -1.78. The van der Waals surface area contributed by atoms with E-state index in [-0.39, 0.29) is 30.3 Å². The van der Waals surface area contributed by atoms with Gasteiger partial charge in [0, 0.05) is 13.0 Å². The van der Waals surface area contributed by atoms with Crippen LogP contribution in [0.5, 0.6) is 23.0 Å². The molecule has 0 aliphatic carbocycles. The van der Waals surface area contributed by atoms with Gasteiger partial charge >= 0.3 is 11.9 Å². The van der Waals surface area contributed by atoms with Crippen LogP contribution in [-0.2, 0) is 44.4 Å². The van der Waals surface area contributed by atoms with Crippen LogP contribution in [0.25, 0.3) is 6.08 Å². The first-order valence-electron chi connectivity index (χ1n) is 14.6. The molecule has 16 nitrogen and oxygen atoms in total. The van der Waals surface area contributed by atoms with Crippen LogP contribution >= 0.6 is 0 Å². The molecule has 0 radical (unpaired) electrons. The lowest BCUT2D eigenvalue weighted by molar-refractivity contribution is -0.357. The summed E-state index contributed by atoms with van der Waals surface area (Å²) in [5.41, 5.74) is 0.930. The van der Waals surface area contributed by atoms with Gasteiger partial charge in [-0.2, -0.15) is 0 Å². The van der Waals surface area contributed by atoms with Gasteiger partial charge in [0.25, 0.3) is 0 Å². The maximum atomic E-state index is 12.5. The molecular formula is C31H38O16. The third-order valence-corrected chi connectivity index (χ3v) is 7.53. The van der Waals surface area contributed by atoms with Crippen molar-refractivity contribution in [2.24, 2.45) is 0 Å². The normalized spacial score (nSPS) is 31.0. The van der Waals surface area contributed by atoms with Gasteiger partial charge in [0.15, 0.2) is 41.7 Å². The van der Waals surface area contributed by atoms with Crippen LogP contribution in [0.4, 0.5) is 0 Å². The van der Waals surface area contributed by atoms with E-state index in [0.29, 0.717) is 11.1 Å². The van der Waals surface area contributed by atoms with E-state index in [2.05, 4.69) is 0 Å². The third-order valence-electron chi connectivity index (χ3n) is 7.53. The molecule has 2 aromatic rings. The number of esters is 2. The van der Waals surface area contributed by atoms with Crippen LogP contribution in [-0.4, -0.2) is 127 Å². The molecule has 10 atom stereocenters. The van der Waals surface area contributed by atoms with E-state index in [1.165, 1.54) is 49.4 Å². The van der Waals surface area contributed by atoms with E-state index >= 15 is 0 Å². The molecule has 0 spiro atoms. The highest BCUT2D eigenvalue weighted by Gasteiger charge is 2.52. The second-order valence-electron chi connectivity index (χ2n) is 11.0. The SMILES string of the molecule is CC(=O)OC1C(OCCc2ccc(O)c(O)c2)OC(COC(=O)C=Cc2ccc(O)c(O)c2)C(O)C1OC1OC(C)C(O)C(O)C1O. The van der Waals surface area contributed by atoms with Gasteiger partial charge in [0.1, 0.15) is 43.2 Å². The Morgan fingerprint density at radius 3 is 2.15 bits per heavy atom. The first-order chi connectivity index (χ1) is 22.2. The summed E-state index contributed by atoms with van der Waals surface area (Å²) in [6, 6.07) is 8.02. The lowest BCUT2D eigenvalue weighted by Crippen LogP contribution is -2.65. The molecule has 47 heavy (non-hydrogen) atoms. The number of phenols is 4. The van der Waals surface area contributed by atoms with Crippen LogP contribution in [0.2, 0.25) is 0 Å². The molecule has 2 heterocycles. The predicted molar refractivity (Wildman–Crippen MR) is 157 cm³/mol. The van der Waals surface area contributed by atoms with Crippen molar-refractivity contribution in [1.29, 1.82) is 0 Å². The predicted octanol–water partition coefficient (Wildman–Crippen LogP) is -0.445. The average molecular weight is 667 g/mol. The molecule has 2 saturated heterocycles. The second kappa shape index (κ2) is 15.7. The number of benzene rings is 2. The summed E-state index contributed by atoms with van der Waals surface area (Å²) in [6.45, 7) is 1.83. The van der Waals surface area contributed by atoms with Crippen LogP contribution in [0.1, 0.15) is 25.0 Å². The summed E-state index contributed by atoms with van der Waals surface area (Å²) < 4.78 is 33.8. The zero-order valence-corrected chi connectivity index (χ0v) is 25.4. The largest absolute Gasteiger partial charge is 0.504 e. The molecule has 2 aliphatic rings. The lowest BCUT2D eigenvalue weighted by Gasteiger charge is -2.46. The maximum absolute atomic E-state index is 12.5. The molecule has 2 aromatic carbocycles. The van der Waals surface area contributed by atoms with Gasteiger partial charge in [-0.25, -0.2) is 4.79 Å². The smallest absolute Gasteiger partial charge is 0.330 e. The quantitative estimate of drug-likeness (QED) is 0.0859. The summed E-state index contributed by atoms with van der Waals surface area (Å²) in [5, 5.41) is 80.7. The van der Waals surface area contributed by atoms with Gasteiger partial charge in [-0.3, -0.25) is 4.79 Å². The molecule has 2 aliphatic heterocycles. The fourth-order valence-electron chi connectivity index (χ4n) is 4.95. The number of hydrogen-bond donors (Lipinski definition) is 8. The van der Waals surface area contributed by atoms with E-state index < -0.39 is 85.7 Å². The maximum Gasteiger partial charge on any atom is 0.330 e. The number of hydrogen-bond acceptors (Lipinski definition) is 16. The van der Waals surface area contributed by atoms with Crippen LogP contribution < -0.4 is 0 Å². The van der Waals surface area contributed by atoms with Crippen LogP contribution in [0.3, 0.4) is 0 Å². The van der Waals surface area contributed by atoms with Gasteiger partial charge in [-0.05, 0) is 54.8 Å². The summed E-state index contributed by atoms with van der Waals surface area (Å²) in [5.74, 6) is -3.11. The Balaban J connectivity index is 1.53. The van der Waals surface area contributed by atoms with Crippen molar-refractivity contribution in [1.82, 2.24) is 0 Å². The molecule has 258 valence electrons. The number of carbonyl (C=O) groups is 2. The average Bonchev–Trinajstić information content (AvgIpc) is 3.02. The summed E-state index contributed by atoms with van der Waals surface area (Å²) in [7, 11) is 0. The first-order valence-corrected chi connectivity index (χ1v) is 14.6. The first kappa shape index (κ1) is 35.8. The molecule has 8 N–H and O–H groups in total. The van der Waals surface area contributed by atoms with Crippen molar-refractivity contribution in [3.63, 3.8) is 0 Å². The van der Waals surface area contributed by atoms with E-state index in [4.69, 9.17) is 28.4 Å². The Bertz CT molecular complexity index is 1410. The fourth-order valence-corrected chi connectivity index (χ4v) is 4.95. The highest BCUT2D eigenvalue weighted by Crippen LogP contribution is 2.32. The summed E-state index contributed by atoms with van der Waals surface area (Å²) in [4.78, 5) is 24.6. The highest BCUT2D eigenvalue weighted by molar-refractivity contribution is 5.87. The molecule has 10 unspecified atom stereocenters. The van der Waals surface area contributed by atoms with E-state index in [1.807, 2.05) is 0 Å². The lowest BCUT2D eigenvalue weighted by atomic mass is 9.97. The highest BCUT2D eigenvalue weighted by atomic mass is 16.7. The number of carbonyl (C=O) groups excluding carboxylic acids is 2. The third kappa shape index (κ3) is 9.09. The zero-order valence-electron chi connectivity index (χ0n) is 25.4. The van der Waals surface area contributed by atoms with Gasteiger partial charge in [-0.1, -0.05) is 12.1 Å². The Hall–Kier alpha value is -4.00. The van der Waals surface area contributed by atoms with Crippen LogP contribution in [0, 0.1) is 0 Å². The van der Waals surface area contributed by atoms with Crippen molar-refractivity contribution < 1.29 is 78.9 Å². The van der Waals surface area contributed by atoms with Gasteiger partial charge in [-0.15, -0.1) is 0 Å². The van der Waals surface area contributed by atoms with E-state index in [0.717, 1.165) is 13.0 Å². The Morgan fingerprint density at radius 2 is 1.49 bits per heavy atom. The minimum Gasteiger partial charge on any atom is -0.504 e. The van der Waals surface area contributed by atoms with E-state index in [9.17, 15) is 50.4 Å².